The van der Waals surface area contributed by atoms with Crippen molar-refractivity contribution in [3.8, 4) is 0 Å². The van der Waals surface area contributed by atoms with Crippen LogP contribution in [0.1, 0.15) is 25.5 Å². The van der Waals surface area contributed by atoms with Crippen LogP contribution < -0.4 is 0 Å². The molecule has 1 amide bonds. The average molecular weight is 301 g/mol. The number of imidazole rings is 1. The molecule has 3 rings (SSSR count). The van der Waals surface area contributed by atoms with E-state index in [0.717, 1.165) is 18.5 Å². The van der Waals surface area contributed by atoms with Gasteiger partial charge in [0.05, 0.1) is 18.0 Å². The summed E-state index contributed by atoms with van der Waals surface area (Å²) in [4.78, 5) is 29.7. The fourth-order valence-electron chi connectivity index (χ4n) is 2.54. The summed E-state index contributed by atoms with van der Waals surface area (Å²) in [6.07, 6.45) is 5.87. The Morgan fingerprint density at radius 1 is 1.45 bits per heavy atom. The number of amides is 1. The highest BCUT2D eigenvalue weighted by Gasteiger charge is 2.34. The standard InChI is InChI=1S/C16H19N3O3/c1-11(16(21)22)9-19(13-5-6-13)15(20)8-12-10-18-7-3-2-4-14(18)17-12/h2-4,7,10-11,13H,5-6,8-9H2,1H3,(H,21,22). The number of hydrogen-bond donors (Lipinski definition) is 1. The van der Waals surface area contributed by atoms with Gasteiger partial charge in [0.1, 0.15) is 5.65 Å². The molecule has 116 valence electrons. The molecule has 1 atom stereocenters. The number of carbonyl (C=O) groups is 2. The molecule has 2 aromatic rings. The van der Waals surface area contributed by atoms with Crippen molar-refractivity contribution in [2.75, 3.05) is 6.54 Å². The van der Waals surface area contributed by atoms with Gasteiger partial charge in [-0.2, -0.15) is 0 Å². The third-order valence-electron chi connectivity index (χ3n) is 3.95. The second kappa shape index (κ2) is 5.79. The number of carboxylic acids is 1. The van der Waals surface area contributed by atoms with Crippen molar-refractivity contribution in [3.05, 3.63) is 36.3 Å². The minimum Gasteiger partial charge on any atom is -0.481 e. The van der Waals surface area contributed by atoms with Crippen LogP contribution in [0.25, 0.3) is 5.65 Å². The summed E-state index contributed by atoms with van der Waals surface area (Å²) in [5.74, 6) is -1.46. The van der Waals surface area contributed by atoms with Gasteiger partial charge in [0.25, 0.3) is 0 Å². The van der Waals surface area contributed by atoms with Crippen LogP contribution in [-0.2, 0) is 16.0 Å². The van der Waals surface area contributed by atoms with E-state index in [1.165, 1.54) is 0 Å². The topological polar surface area (TPSA) is 74.9 Å². The number of fused-ring (bicyclic) bond motifs is 1. The van der Waals surface area contributed by atoms with Gasteiger partial charge in [0.2, 0.25) is 5.91 Å². The van der Waals surface area contributed by atoms with Crippen LogP contribution in [0.5, 0.6) is 0 Å². The second-order valence-electron chi connectivity index (χ2n) is 5.89. The second-order valence-corrected chi connectivity index (χ2v) is 5.89. The fourth-order valence-corrected chi connectivity index (χ4v) is 2.54. The van der Waals surface area contributed by atoms with Crippen LogP contribution in [0.4, 0.5) is 0 Å². The molecule has 0 saturated heterocycles. The minimum atomic E-state index is -0.869. The van der Waals surface area contributed by atoms with Crippen molar-refractivity contribution >= 4 is 17.5 Å². The van der Waals surface area contributed by atoms with Crippen molar-refractivity contribution in [2.45, 2.75) is 32.2 Å². The van der Waals surface area contributed by atoms with Crippen LogP contribution in [-0.4, -0.2) is 43.9 Å². The Hall–Kier alpha value is -2.37. The van der Waals surface area contributed by atoms with E-state index in [0.29, 0.717) is 5.69 Å². The van der Waals surface area contributed by atoms with Crippen LogP contribution in [0, 0.1) is 5.92 Å². The molecular formula is C16H19N3O3. The molecule has 1 N–H and O–H groups in total. The molecule has 2 heterocycles. The Labute approximate surface area is 128 Å². The molecule has 0 spiro atoms. The third kappa shape index (κ3) is 3.10. The van der Waals surface area contributed by atoms with E-state index in [9.17, 15) is 9.59 Å². The maximum Gasteiger partial charge on any atom is 0.308 e. The Kier molecular flexibility index (Phi) is 3.83. The number of nitrogens with zero attached hydrogens (tertiary/aromatic N) is 3. The van der Waals surface area contributed by atoms with Gasteiger partial charge in [-0.25, -0.2) is 4.98 Å². The summed E-state index contributed by atoms with van der Waals surface area (Å²) in [5, 5.41) is 9.05. The third-order valence-corrected chi connectivity index (χ3v) is 3.95. The number of carbonyl (C=O) groups excluding carboxylic acids is 1. The largest absolute Gasteiger partial charge is 0.481 e. The van der Waals surface area contributed by atoms with Gasteiger partial charge in [-0.3, -0.25) is 9.59 Å². The summed E-state index contributed by atoms with van der Waals surface area (Å²) < 4.78 is 1.88. The van der Waals surface area contributed by atoms with Crippen molar-refractivity contribution in [1.29, 1.82) is 0 Å². The summed E-state index contributed by atoms with van der Waals surface area (Å²) in [6.45, 7) is 1.90. The van der Waals surface area contributed by atoms with Crippen molar-refractivity contribution < 1.29 is 14.7 Å². The van der Waals surface area contributed by atoms with E-state index >= 15 is 0 Å². The van der Waals surface area contributed by atoms with Crippen LogP contribution in [0.2, 0.25) is 0 Å². The van der Waals surface area contributed by atoms with Crippen LogP contribution >= 0.6 is 0 Å². The molecule has 1 fully saturated rings. The van der Waals surface area contributed by atoms with Gasteiger partial charge in [-0.1, -0.05) is 13.0 Å². The lowest BCUT2D eigenvalue weighted by Crippen LogP contribution is -2.39. The number of hydrogen-bond acceptors (Lipinski definition) is 3. The smallest absolute Gasteiger partial charge is 0.308 e. The van der Waals surface area contributed by atoms with Gasteiger partial charge >= 0.3 is 5.97 Å². The molecule has 0 aliphatic heterocycles. The number of aliphatic carboxylic acids is 1. The Bertz CT molecular complexity index is 672. The molecule has 6 heteroatoms. The first-order valence-electron chi connectivity index (χ1n) is 7.49. The number of aromatic nitrogens is 2. The van der Waals surface area contributed by atoms with E-state index in [1.54, 1.807) is 11.8 Å². The van der Waals surface area contributed by atoms with Crippen molar-refractivity contribution in [1.82, 2.24) is 14.3 Å². The van der Waals surface area contributed by atoms with E-state index in [-0.39, 0.29) is 24.9 Å². The molecule has 1 aliphatic carbocycles. The van der Waals surface area contributed by atoms with Gasteiger partial charge in [-0.15, -0.1) is 0 Å². The lowest BCUT2D eigenvalue weighted by Gasteiger charge is -2.24. The first kappa shape index (κ1) is 14.6. The van der Waals surface area contributed by atoms with Gasteiger partial charge in [0, 0.05) is 25.0 Å². The molecule has 1 aliphatic rings. The van der Waals surface area contributed by atoms with Crippen LogP contribution in [0.3, 0.4) is 0 Å². The molecule has 22 heavy (non-hydrogen) atoms. The number of pyridine rings is 1. The maximum absolute atomic E-state index is 12.5. The van der Waals surface area contributed by atoms with Gasteiger partial charge in [0.15, 0.2) is 0 Å². The Balaban J connectivity index is 1.71. The lowest BCUT2D eigenvalue weighted by molar-refractivity contribution is -0.143. The zero-order chi connectivity index (χ0) is 15.7. The molecule has 0 aromatic carbocycles. The highest BCUT2D eigenvalue weighted by Crippen LogP contribution is 2.28. The predicted octanol–water partition coefficient (Wildman–Crippen LogP) is 1.59. The lowest BCUT2D eigenvalue weighted by atomic mass is 10.1. The Morgan fingerprint density at radius 3 is 2.86 bits per heavy atom. The van der Waals surface area contributed by atoms with Gasteiger partial charge < -0.3 is 14.4 Å². The molecule has 1 saturated carbocycles. The average Bonchev–Trinajstić information content (AvgIpc) is 3.23. The molecule has 6 nitrogen and oxygen atoms in total. The van der Waals surface area contributed by atoms with E-state index in [4.69, 9.17) is 5.11 Å². The molecule has 0 bridgehead atoms. The predicted molar refractivity (Wildman–Crippen MR) is 80.4 cm³/mol. The molecular weight excluding hydrogens is 282 g/mol. The highest BCUT2D eigenvalue weighted by atomic mass is 16.4. The van der Waals surface area contributed by atoms with Gasteiger partial charge in [-0.05, 0) is 25.0 Å². The zero-order valence-electron chi connectivity index (χ0n) is 12.5. The maximum atomic E-state index is 12.5. The summed E-state index contributed by atoms with van der Waals surface area (Å²) >= 11 is 0. The van der Waals surface area contributed by atoms with E-state index < -0.39 is 11.9 Å². The zero-order valence-corrected chi connectivity index (χ0v) is 12.5. The summed E-state index contributed by atoms with van der Waals surface area (Å²) in [5.41, 5.74) is 1.52. The first-order valence-corrected chi connectivity index (χ1v) is 7.49. The molecule has 2 aromatic heterocycles. The molecule has 1 unspecified atom stereocenters. The van der Waals surface area contributed by atoms with Crippen molar-refractivity contribution in [2.24, 2.45) is 5.92 Å². The SMILES string of the molecule is CC(CN(C(=O)Cc1cn2ccccc2n1)C1CC1)C(=O)O. The number of carboxylic acid groups (broad SMARTS) is 1. The summed E-state index contributed by atoms with van der Waals surface area (Å²) in [6, 6.07) is 5.90. The number of rotatable bonds is 6. The quantitative estimate of drug-likeness (QED) is 0.879. The minimum absolute atomic E-state index is 0.0426. The van der Waals surface area contributed by atoms with Crippen molar-refractivity contribution in [3.63, 3.8) is 0 Å². The summed E-state index contributed by atoms with van der Waals surface area (Å²) in [7, 11) is 0. The molecule has 0 radical (unpaired) electrons. The van der Waals surface area contributed by atoms with E-state index in [1.807, 2.05) is 35.0 Å². The normalized spacial score (nSPS) is 15.7. The first-order chi connectivity index (χ1) is 10.5. The fraction of sp³-hybridized carbons (Fsp3) is 0.438. The Morgan fingerprint density at radius 2 is 2.23 bits per heavy atom. The van der Waals surface area contributed by atoms with E-state index in [2.05, 4.69) is 4.98 Å². The highest BCUT2D eigenvalue weighted by molar-refractivity contribution is 5.80. The van der Waals surface area contributed by atoms with Crippen LogP contribution in [0.15, 0.2) is 30.6 Å². The monoisotopic (exact) mass is 301 g/mol.